The van der Waals surface area contributed by atoms with Crippen LogP contribution in [0.1, 0.15) is 16.2 Å². The molecule has 4 rings (SSSR count). The van der Waals surface area contributed by atoms with Crippen LogP contribution < -0.4 is 0 Å². The maximum absolute atomic E-state index is 12.2. The van der Waals surface area contributed by atoms with Crippen molar-refractivity contribution < 1.29 is 14.1 Å². The number of rotatable bonds is 3. The number of hydrogen-bond acceptors (Lipinski definition) is 6. The number of carbonyl (C=O) groups excluding carboxylic acids is 1. The van der Waals surface area contributed by atoms with E-state index in [9.17, 15) is 4.79 Å². The monoisotopic (exact) mass is 414 g/mol. The van der Waals surface area contributed by atoms with E-state index in [0.29, 0.717) is 17.0 Å². The lowest BCUT2D eigenvalue weighted by Gasteiger charge is -2.01. The van der Waals surface area contributed by atoms with E-state index in [-0.39, 0.29) is 11.6 Å². The molecule has 5 nitrogen and oxygen atoms in total. The van der Waals surface area contributed by atoms with E-state index < -0.39 is 5.97 Å². The van der Waals surface area contributed by atoms with Gasteiger partial charge in [0.2, 0.25) is 5.90 Å². The molecule has 0 amide bonds. The minimum Gasteiger partial charge on any atom is -0.402 e. The van der Waals surface area contributed by atoms with Crippen molar-refractivity contribution >= 4 is 45.2 Å². The fourth-order valence-corrected chi connectivity index (χ4v) is 3.84. The zero-order valence-corrected chi connectivity index (χ0v) is 15.4. The summed E-state index contributed by atoms with van der Waals surface area (Å²) < 4.78 is 11.6. The summed E-state index contributed by atoms with van der Waals surface area (Å²) in [5, 5.41) is 6.04. The number of ether oxygens (including phenoxy) is 1. The van der Waals surface area contributed by atoms with E-state index in [1.165, 1.54) is 11.3 Å². The molecule has 2 aromatic heterocycles. The van der Waals surface area contributed by atoms with Gasteiger partial charge < -0.3 is 9.26 Å². The van der Waals surface area contributed by atoms with Crippen LogP contribution in [-0.4, -0.2) is 17.0 Å². The van der Waals surface area contributed by atoms with Crippen molar-refractivity contribution in [2.75, 3.05) is 0 Å². The van der Waals surface area contributed by atoms with Crippen LogP contribution in [0, 0.1) is 6.92 Å². The van der Waals surface area contributed by atoms with Crippen molar-refractivity contribution in [1.29, 1.82) is 0 Å². The highest BCUT2D eigenvalue weighted by Gasteiger charge is 2.30. The van der Waals surface area contributed by atoms with Gasteiger partial charge in [0.25, 0.3) is 0 Å². The number of thiophene rings is 1. The third-order valence-electron chi connectivity index (χ3n) is 3.61. The van der Waals surface area contributed by atoms with E-state index in [4.69, 9.17) is 9.26 Å². The number of halogens is 1. The topological polar surface area (TPSA) is 64.7 Å². The van der Waals surface area contributed by atoms with Gasteiger partial charge in [0, 0.05) is 20.3 Å². The molecule has 0 fully saturated rings. The first-order valence-corrected chi connectivity index (χ1v) is 9.08. The number of nitrogens with zero attached hydrogens (tertiary/aromatic N) is 2. The number of benzene rings is 1. The van der Waals surface area contributed by atoms with Gasteiger partial charge in [0.15, 0.2) is 5.70 Å². The summed E-state index contributed by atoms with van der Waals surface area (Å²) in [6.45, 7) is 1.77. The Morgan fingerprint density at radius 3 is 2.76 bits per heavy atom. The Morgan fingerprint density at radius 1 is 1.24 bits per heavy atom. The average molecular weight is 415 g/mol. The summed E-state index contributed by atoms with van der Waals surface area (Å²) in [6.07, 6.45) is 1.70. The molecule has 0 unspecified atom stereocenters. The average Bonchev–Trinajstić information content (AvgIpc) is 3.29. The van der Waals surface area contributed by atoms with E-state index in [1.807, 2.05) is 41.8 Å². The number of cyclic esters (lactones) is 1. The molecular weight excluding hydrogens is 404 g/mol. The van der Waals surface area contributed by atoms with Crippen LogP contribution in [0.15, 0.2) is 61.5 Å². The number of carbonyl (C=O) groups is 1. The van der Waals surface area contributed by atoms with Gasteiger partial charge in [0.1, 0.15) is 17.0 Å². The second-order valence-corrected chi connectivity index (χ2v) is 7.19. The van der Waals surface area contributed by atoms with Crippen molar-refractivity contribution in [3.8, 4) is 11.3 Å². The molecule has 1 aliphatic rings. The van der Waals surface area contributed by atoms with Gasteiger partial charge in [-0.1, -0.05) is 35.5 Å². The quantitative estimate of drug-likeness (QED) is 0.455. The Morgan fingerprint density at radius 2 is 2.04 bits per heavy atom. The van der Waals surface area contributed by atoms with Gasteiger partial charge in [-0.05, 0) is 35.0 Å². The maximum atomic E-state index is 12.2. The molecular formula is C18H11BrN2O3S. The summed E-state index contributed by atoms with van der Waals surface area (Å²) in [6, 6.07) is 11.5. The van der Waals surface area contributed by atoms with Gasteiger partial charge in [-0.25, -0.2) is 9.79 Å². The first kappa shape index (κ1) is 16.0. The SMILES string of the molecule is Cc1onc(-c2ccccc2)c1C1=N/C(=C\c2cc(Br)cs2)C(=O)O1. The summed E-state index contributed by atoms with van der Waals surface area (Å²) in [5.74, 6) is 0.272. The summed E-state index contributed by atoms with van der Waals surface area (Å²) >= 11 is 4.90. The summed E-state index contributed by atoms with van der Waals surface area (Å²) in [5.41, 5.74) is 2.32. The fraction of sp³-hybridized carbons (Fsp3) is 0.0556. The minimum absolute atomic E-state index is 0.212. The van der Waals surface area contributed by atoms with E-state index in [2.05, 4.69) is 26.1 Å². The molecule has 1 aromatic carbocycles. The lowest BCUT2D eigenvalue weighted by Crippen LogP contribution is -2.07. The largest absolute Gasteiger partial charge is 0.402 e. The Bertz CT molecular complexity index is 1020. The van der Waals surface area contributed by atoms with E-state index in [0.717, 1.165) is 14.9 Å². The lowest BCUT2D eigenvalue weighted by molar-refractivity contribution is -0.129. The highest BCUT2D eigenvalue weighted by atomic mass is 79.9. The highest BCUT2D eigenvalue weighted by molar-refractivity contribution is 9.10. The molecule has 3 heterocycles. The Kier molecular flexibility index (Phi) is 4.10. The van der Waals surface area contributed by atoms with Crippen LogP contribution in [0.3, 0.4) is 0 Å². The maximum Gasteiger partial charge on any atom is 0.363 e. The fourth-order valence-electron chi connectivity index (χ4n) is 2.47. The summed E-state index contributed by atoms with van der Waals surface area (Å²) in [4.78, 5) is 17.5. The number of aryl methyl sites for hydroxylation is 1. The van der Waals surface area contributed by atoms with Crippen LogP contribution in [0.5, 0.6) is 0 Å². The van der Waals surface area contributed by atoms with Crippen LogP contribution in [-0.2, 0) is 9.53 Å². The molecule has 0 radical (unpaired) electrons. The molecule has 124 valence electrons. The summed E-state index contributed by atoms with van der Waals surface area (Å²) in [7, 11) is 0. The van der Waals surface area contributed by atoms with Crippen molar-refractivity contribution in [1.82, 2.24) is 5.16 Å². The first-order chi connectivity index (χ1) is 12.1. The van der Waals surface area contributed by atoms with E-state index in [1.54, 1.807) is 13.0 Å². The van der Waals surface area contributed by atoms with Crippen molar-refractivity contribution in [3.63, 3.8) is 0 Å². The Hall–Kier alpha value is -2.51. The Labute approximate surface area is 155 Å². The van der Waals surface area contributed by atoms with Crippen LogP contribution in [0.4, 0.5) is 0 Å². The second-order valence-electron chi connectivity index (χ2n) is 5.33. The molecule has 7 heteroatoms. The lowest BCUT2D eigenvalue weighted by atomic mass is 10.1. The van der Waals surface area contributed by atoms with Crippen LogP contribution in [0.2, 0.25) is 0 Å². The molecule has 1 aliphatic heterocycles. The smallest absolute Gasteiger partial charge is 0.363 e. The molecule has 3 aromatic rings. The van der Waals surface area contributed by atoms with E-state index >= 15 is 0 Å². The molecule has 0 aliphatic carbocycles. The molecule has 0 bridgehead atoms. The predicted octanol–water partition coefficient (Wildman–Crippen LogP) is 4.82. The highest BCUT2D eigenvalue weighted by Crippen LogP contribution is 2.30. The van der Waals surface area contributed by atoms with Crippen molar-refractivity contribution in [2.45, 2.75) is 6.92 Å². The first-order valence-electron chi connectivity index (χ1n) is 7.40. The van der Waals surface area contributed by atoms with Crippen molar-refractivity contribution in [2.24, 2.45) is 4.99 Å². The Balaban J connectivity index is 1.76. The van der Waals surface area contributed by atoms with Gasteiger partial charge >= 0.3 is 5.97 Å². The third kappa shape index (κ3) is 3.08. The van der Waals surface area contributed by atoms with Crippen LogP contribution >= 0.6 is 27.3 Å². The molecule has 0 saturated heterocycles. The molecule has 25 heavy (non-hydrogen) atoms. The number of esters is 1. The number of aliphatic imine (C=N–C) groups is 1. The standard InChI is InChI=1S/C18H11BrN2O3S/c1-10-15(16(21-24-10)11-5-3-2-4-6-11)17-20-14(18(22)23-17)8-13-7-12(19)9-25-13/h2-9H,1H3/b14-8-. The molecule has 0 spiro atoms. The zero-order valence-electron chi connectivity index (χ0n) is 13.0. The number of aromatic nitrogens is 1. The second kappa shape index (κ2) is 6.42. The molecule has 0 atom stereocenters. The predicted molar refractivity (Wildman–Crippen MR) is 99.3 cm³/mol. The normalized spacial score (nSPS) is 15.5. The minimum atomic E-state index is -0.487. The van der Waals surface area contributed by atoms with Gasteiger partial charge in [0.05, 0.1) is 0 Å². The number of hydrogen-bond donors (Lipinski definition) is 0. The third-order valence-corrected chi connectivity index (χ3v) is 5.25. The molecule has 0 N–H and O–H groups in total. The van der Waals surface area contributed by atoms with Gasteiger partial charge in [-0.3, -0.25) is 0 Å². The van der Waals surface area contributed by atoms with Gasteiger partial charge in [-0.2, -0.15) is 0 Å². The molecule has 0 saturated carbocycles. The van der Waals surface area contributed by atoms with Crippen molar-refractivity contribution in [3.05, 3.63) is 68.1 Å². The van der Waals surface area contributed by atoms with Gasteiger partial charge in [-0.15, -0.1) is 11.3 Å². The zero-order chi connectivity index (χ0) is 17.4. The van der Waals surface area contributed by atoms with Crippen LogP contribution in [0.25, 0.3) is 17.3 Å².